The van der Waals surface area contributed by atoms with E-state index in [1.807, 2.05) is 62.5 Å². The third-order valence-corrected chi connectivity index (χ3v) is 11.1. The van der Waals surface area contributed by atoms with Crippen molar-refractivity contribution in [1.29, 1.82) is 0 Å². The predicted molar refractivity (Wildman–Crippen MR) is 205 cm³/mol. The van der Waals surface area contributed by atoms with Gasteiger partial charge >= 0.3 is 0 Å². The van der Waals surface area contributed by atoms with Crippen LogP contribution in [0.4, 0.5) is 11.5 Å². The van der Waals surface area contributed by atoms with Crippen LogP contribution < -0.4 is 15.0 Å². The van der Waals surface area contributed by atoms with Gasteiger partial charge in [-0.2, -0.15) is 16.9 Å². The number of amides is 1. The van der Waals surface area contributed by atoms with Crippen molar-refractivity contribution in [2.24, 2.45) is 11.8 Å². The molecule has 6 heterocycles. The first-order valence-corrected chi connectivity index (χ1v) is 19.3. The number of nitrogens with zero attached hydrogens (tertiary/aromatic N) is 7. The van der Waals surface area contributed by atoms with Crippen molar-refractivity contribution in [3.05, 3.63) is 73.3 Å². The molecule has 2 atom stereocenters. The highest BCUT2D eigenvalue weighted by molar-refractivity contribution is 7.99. The summed E-state index contributed by atoms with van der Waals surface area (Å²) in [6, 6.07) is 15.4. The van der Waals surface area contributed by atoms with Gasteiger partial charge in [-0.05, 0) is 94.3 Å². The summed E-state index contributed by atoms with van der Waals surface area (Å²) in [6.45, 7) is 7.75. The number of carbonyl (C=O) groups is 2. The van der Waals surface area contributed by atoms with Crippen LogP contribution in [0.5, 0.6) is 5.88 Å². The number of benzene rings is 1. The van der Waals surface area contributed by atoms with Gasteiger partial charge in [-0.1, -0.05) is 0 Å². The number of aromatic nitrogens is 6. The van der Waals surface area contributed by atoms with Crippen LogP contribution in [0.25, 0.3) is 33.5 Å². The minimum absolute atomic E-state index is 0.0144. The van der Waals surface area contributed by atoms with Gasteiger partial charge in [0.05, 0.1) is 18.2 Å². The number of thioether (sulfide) groups is 1. The number of piperidine rings is 1. The monoisotopic (exact) mass is 719 g/mol. The van der Waals surface area contributed by atoms with Crippen LogP contribution in [0, 0.1) is 11.8 Å². The van der Waals surface area contributed by atoms with Crippen molar-refractivity contribution in [3.63, 3.8) is 0 Å². The number of hydrogen-bond acceptors (Lipinski definition) is 11. The third-order valence-electron chi connectivity index (χ3n) is 9.96. The molecule has 2 saturated heterocycles. The topological polar surface area (TPSA) is 142 Å². The van der Waals surface area contributed by atoms with Gasteiger partial charge in [-0.15, -0.1) is 0 Å². The van der Waals surface area contributed by atoms with Gasteiger partial charge in [-0.3, -0.25) is 19.6 Å². The number of likely N-dealkylation sites (tertiary alicyclic amines) is 1. The zero-order valence-corrected chi connectivity index (χ0v) is 30.7. The van der Waals surface area contributed by atoms with Gasteiger partial charge in [0.25, 0.3) is 0 Å². The van der Waals surface area contributed by atoms with E-state index in [9.17, 15) is 9.59 Å². The summed E-state index contributed by atoms with van der Waals surface area (Å²) in [5, 5.41) is 11.8. The average molecular weight is 720 g/mol. The number of nitrogens with one attached hydrogen (secondary N) is 2. The molecule has 0 spiro atoms. The number of aromatic amines is 1. The summed E-state index contributed by atoms with van der Waals surface area (Å²) in [7, 11) is 0. The summed E-state index contributed by atoms with van der Waals surface area (Å²) in [5.74, 6) is 2.88. The number of Topliss-reactive ketones (excluding diaryl/α,β-unsaturated/α-hetero) is 1. The summed E-state index contributed by atoms with van der Waals surface area (Å²) in [5.41, 5.74) is 4.13. The van der Waals surface area contributed by atoms with E-state index in [2.05, 4.69) is 51.5 Å². The highest BCUT2D eigenvalue weighted by Gasteiger charge is 2.33. The molecule has 13 heteroatoms. The van der Waals surface area contributed by atoms with Crippen LogP contribution in [-0.2, 0) is 9.59 Å². The molecule has 2 aliphatic heterocycles. The summed E-state index contributed by atoms with van der Waals surface area (Å²) in [4.78, 5) is 48.9. The number of pyridine rings is 2. The van der Waals surface area contributed by atoms with Crippen molar-refractivity contribution >= 4 is 45.9 Å². The Bertz CT molecular complexity index is 1960. The van der Waals surface area contributed by atoms with E-state index in [1.165, 1.54) is 0 Å². The van der Waals surface area contributed by atoms with E-state index in [0.29, 0.717) is 36.4 Å². The standard InChI is InChI=1S/C39H45N9O3S/c1-25(2)51-37-10-6-27(21-43-37)38-31-19-30(7-8-32(31)45-46-38)44-36(50)20-34(52-3)29-11-16-47(23-29)24-33(49)26-12-17-48(18-13-26)35-9-5-28(22-42-35)39-40-14-4-15-41-39/h4-10,14-15,19,21-22,25-26,29,34H,11-13,16-18,20,23-24H2,1-3H3,(H,44,50)(H,45,46)/t29?,34-/m0/s1. The van der Waals surface area contributed by atoms with Crippen LogP contribution in [0.15, 0.2) is 73.3 Å². The first-order valence-electron chi connectivity index (χ1n) is 18.0. The molecular weight excluding hydrogens is 675 g/mol. The lowest BCUT2D eigenvalue weighted by Crippen LogP contribution is -2.40. The van der Waals surface area contributed by atoms with Crippen molar-refractivity contribution in [2.45, 2.75) is 50.9 Å². The fourth-order valence-electron chi connectivity index (χ4n) is 7.22. The molecule has 0 aliphatic carbocycles. The maximum Gasteiger partial charge on any atom is 0.225 e. The van der Waals surface area contributed by atoms with Gasteiger partial charge in [0.15, 0.2) is 5.82 Å². The van der Waals surface area contributed by atoms with Crippen LogP contribution in [-0.4, -0.2) is 97.1 Å². The van der Waals surface area contributed by atoms with Gasteiger partial charge in [-0.25, -0.2) is 19.9 Å². The first-order chi connectivity index (χ1) is 25.3. The molecule has 270 valence electrons. The van der Waals surface area contributed by atoms with E-state index < -0.39 is 0 Å². The molecular formula is C39H45N9O3S. The second-order valence-corrected chi connectivity index (χ2v) is 15.0. The molecule has 2 aliphatic rings. The second-order valence-electron chi connectivity index (χ2n) is 13.9. The van der Waals surface area contributed by atoms with E-state index in [1.54, 1.807) is 36.4 Å². The number of anilines is 2. The SMILES string of the molecule is CS[C@@H](CC(=O)Nc1ccc2[nH]nc(-c3ccc(OC(C)C)nc3)c2c1)C1CCN(CC(=O)C2CCN(c3ccc(-c4ncccn4)cn3)CC2)C1. The third kappa shape index (κ3) is 8.42. The summed E-state index contributed by atoms with van der Waals surface area (Å²) < 4.78 is 5.68. The zero-order chi connectivity index (χ0) is 36.0. The Hall–Kier alpha value is -4.88. The normalized spacial score (nSPS) is 17.5. The Morgan fingerprint density at radius 3 is 2.46 bits per heavy atom. The number of carbonyl (C=O) groups excluding carboxylic acids is 2. The van der Waals surface area contributed by atoms with Gasteiger partial charge in [0.2, 0.25) is 11.8 Å². The minimum Gasteiger partial charge on any atom is -0.475 e. The molecule has 12 nitrogen and oxygen atoms in total. The second kappa shape index (κ2) is 16.2. The summed E-state index contributed by atoms with van der Waals surface area (Å²) in [6.07, 6.45) is 12.2. The molecule has 1 unspecified atom stereocenters. The fraction of sp³-hybridized carbons (Fsp3) is 0.410. The quantitative estimate of drug-likeness (QED) is 0.145. The summed E-state index contributed by atoms with van der Waals surface area (Å²) >= 11 is 1.74. The van der Waals surface area contributed by atoms with Gasteiger partial charge in [0.1, 0.15) is 17.3 Å². The Morgan fingerprint density at radius 1 is 0.962 bits per heavy atom. The van der Waals surface area contributed by atoms with Crippen LogP contribution in [0.2, 0.25) is 0 Å². The molecule has 2 N–H and O–H groups in total. The molecule has 1 amide bonds. The average Bonchev–Trinajstić information content (AvgIpc) is 3.81. The number of ketones is 1. The highest BCUT2D eigenvalue weighted by Crippen LogP contribution is 2.32. The highest BCUT2D eigenvalue weighted by atomic mass is 32.2. The van der Waals surface area contributed by atoms with E-state index >= 15 is 0 Å². The lowest BCUT2D eigenvalue weighted by Gasteiger charge is -2.33. The largest absolute Gasteiger partial charge is 0.475 e. The van der Waals surface area contributed by atoms with Gasteiger partial charge < -0.3 is 15.0 Å². The molecule has 0 bridgehead atoms. The number of hydrogen-bond donors (Lipinski definition) is 2. The van der Waals surface area contributed by atoms with Crippen LogP contribution in [0.1, 0.15) is 39.5 Å². The molecule has 0 saturated carbocycles. The molecule has 0 radical (unpaired) electrons. The predicted octanol–water partition coefficient (Wildman–Crippen LogP) is 6.13. The molecule has 2 fully saturated rings. The molecule has 52 heavy (non-hydrogen) atoms. The Labute approximate surface area is 308 Å². The molecule has 5 aromatic rings. The van der Waals surface area contributed by atoms with Crippen molar-refractivity contribution in [2.75, 3.05) is 49.2 Å². The minimum atomic E-state index is -0.0144. The Morgan fingerprint density at radius 2 is 1.75 bits per heavy atom. The maximum atomic E-state index is 13.4. The number of H-pyrrole nitrogens is 1. The van der Waals surface area contributed by atoms with E-state index in [4.69, 9.17) is 4.74 Å². The molecule has 7 rings (SSSR count). The Kier molecular flexibility index (Phi) is 11.1. The molecule has 4 aromatic heterocycles. The van der Waals surface area contributed by atoms with Crippen molar-refractivity contribution in [3.8, 4) is 28.5 Å². The molecule has 1 aromatic carbocycles. The zero-order valence-electron chi connectivity index (χ0n) is 29.9. The number of fused-ring (bicyclic) bond motifs is 1. The number of rotatable bonds is 13. The van der Waals surface area contributed by atoms with E-state index in [0.717, 1.165) is 84.7 Å². The number of ether oxygens (including phenoxy) is 1. The van der Waals surface area contributed by atoms with Crippen LogP contribution in [0.3, 0.4) is 0 Å². The maximum absolute atomic E-state index is 13.4. The smallest absolute Gasteiger partial charge is 0.225 e. The van der Waals surface area contributed by atoms with Crippen LogP contribution >= 0.6 is 11.8 Å². The van der Waals surface area contributed by atoms with Gasteiger partial charge in [0, 0.05) is 90.3 Å². The lowest BCUT2D eigenvalue weighted by molar-refractivity contribution is -0.124. The van der Waals surface area contributed by atoms with Crippen molar-refractivity contribution in [1.82, 2.24) is 35.0 Å². The van der Waals surface area contributed by atoms with Crippen molar-refractivity contribution < 1.29 is 14.3 Å². The fourth-order valence-corrected chi connectivity index (χ4v) is 8.15. The lowest BCUT2D eigenvalue weighted by atomic mass is 9.92. The first kappa shape index (κ1) is 35.5. The van der Waals surface area contributed by atoms with E-state index in [-0.39, 0.29) is 23.2 Å². The Balaban J connectivity index is 0.880.